The van der Waals surface area contributed by atoms with Crippen LogP contribution in [0.2, 0.25) is 0 Å². The molecule has 0 bridgehead atoms. The smallest absolute Gasteiger partial charge is 0.290 e. The number of carbonyl (C=O) groups is 3. The van der Waals surface area contributed by atoms with Crippen LogP contribution < -0.4 is 0 Å². The van der Waals surface area contributed by atoms with Crippen LogP contribution in [-0.2, 0) is 14.4 Å². The molecule has 0 rings (SSSR count). The van der Waals surface area contributed by atoms with E-state index in [0.717, 1.165) is 18.9 Å². The number of carboxylic acid groups (broad SMARTS) is 2. The molecule has 0 aliphatic heterocycles. The van der Waals surface area contributed by atoms with Crippen molar-refractivity contribution in [3.05, 3.63) is 0 Å². The summed E-state index contributed by atoms with van der Waals surface area (Å²) in [4.78, 5) is 33.3. The predicted molar refractivity (Wildman–Crippen MR) is 225 cm³/mol. The average molecular weight is 741 g/mol. The molecule has 7 heteroatoms. The van der Waals surface area contributed by atoms with Crippen LogP contribution in [0.3, 0.4) is 0 Å². The van der Waals surface area contributed by atoms with Crippen LogP contribution in [0.1, 0.15) is 233 Å². The largest absolute Gasteiger partial charge is 0.483 e. The number of rotatable bonds is 38. The first-order valence-electron chi connectivity index (χ1n) is 22.5. The summed E-state index contributed by atoms with van der Waals surface area (Å²) < 4.78 is 0. The first-order chi connectivity index (χ1) is 25.4. The van der Waals surface area contributed by atoms with Gasteiger partial charge in [0.05, 0.1) is 0 Å². The highest BCUT2D eigenvalue weighted by molar-refractivity contribution is 5.75. The topological polar surface area (TPSA) is 98.2 Å². The lowest BCUT2D eigenvalue weighted by Crippen LogP contribution is -2.29. The third-order valence-electron chi connectivity index (χ3n) is 10.5. The number of nitrogens with zero attached hydrogens (tertiary/aromatic N) is 2. The zero-order valence-corrected chi connectivity index (χ0v) is 35.7. The summed E-state index contributed by atoms with van der Waals surface area (Å²) in [5.41, 5.74) is 0. The molecule has 312 valence electrons. The lowest BCUT2D eigenvalue weighted by molar-refractivity contribution is -0.129. The van der Waals surface area contributed by atoms with Gasteiger partial charge in [0.2, 0.25) is 5.91 Å². The van der Waals surface area contributed by atoms with Crippen LogP contribution in [0.4, 0.5) is 0 Å². The van der Waals surface area contributed by atoms with Crippen LogP contribution in [-0.4, -0.2) is 72.6 Å². The van der Waals surface area contributed by atoms with Crippen LogP contribution in [0.15, 0.2) is 0 Å². The Bertz CT molecular complexity index is 685. The van der Waals surface area contributed by atoms with E-state index in [1.54, 1.807) is 4.90 Å². The summed E-state index contributed by atoms with van der Waals surface area (Å²) in [5, 5.41) is 13.8. The minimum absolute atomic E-state index is 0.250. The Morgan fingerprint density at radius 2 is 0.692 bits per heavy atom. The van der Waals surface area contributed by atoms with Gasteiger partial charge in [-0.25, -0.2) is 0 Å². The maximum absolute atomic E-state index is 12.1. The van der Waals surface area contributed by atoms with E-state index in [1.807, 2.05) is 14.1 Å². The van der Waals surface area contributed by atoms with Gasteiger partial charge in [-0.2, -0.15) is 0 Å². The standard InChI is InChI=1S/C43H88N2O.2CH2O2/c1-6-9-12-15-16-17-18-19-20-21-22-23-27-32-39-45(41-34-38-43(46)44(4)5)40-33-28-24-26-31-37-42(35-29-14-11-8-3)36-30-25-13-10-7-2;2*2-1-3/h42H,6-41H2,1-5H3;2*1H,(H,2,3). The molecule has 1 atom stereocenters. The molecule has 0 spiro atoms. The number of hydrogen-bond donors (Lipinski definition) is 2. The minimum atomic E-state index is -0.250. The number of amides is 1. The van der Waals surface area contributed by atoms with E-state index in [-0.39, 0.29) is 18.9 Å². The van der Waals surface area contributed by atoms with Gasteiger partial charge in [-0.15, -0.1) is 0 Å². The van der Waals surface area contributed by atoms with E-state index in [9.17, 15) is 4.79 Å². The van der Waals surface area contributed by atoms with Crippen molar-refractivity contribution in [2.75, 3.05) is 33.7 Å². The summed E-state index contributed by atoms with van der Waals surface area (Å²) in [7, 11) is 3.77. The highest BCUT2D eigenvalue weighted by Crippen LogP contribution is 2.24. The summed E-state index contributed by atoms with van der Waals surface area (Å²) >= 11 is 0. The normalized spacial score (nSPS) is 11.3. The summed E-state index contributed by atoms with van der Waals surface area (Å²) in [5.74, 6) is 1.27. The van der Waals surface area contributed by atoms with Gasteiger partial charge in [-0.1, -0.05) is 207 Å². The molecule has 7 nitrogen and oxygen atoms in total. The van der Waals surface area contributed by atoms with Crippen molar-refractivity contribution in [1.82, 2.24) is 9.80 Å². The van der Waals surface area contributed by atoms with Crippen molar-refractivity contribution in [3.8, 4) is 0 Å². The second-order valence-corrected chi connectivity index (χ2v) is 15.5. The lowest BCUT2D eigenvalue weighted by atomic mass is 9.89. The first kappa shape index (κ1) is 54.7. The monoisotopic (exact) mass is 741 g/mol. The summed E-state index contributed by atoms with van der Waals surface area (Å²) in [6.45, 7) is 10.0. The fourth-order valence-corrected chi connectivity index (χ4v) is 7.17. The van der Waals surface area contributed by atoms with Gasteiger partial charge in [0.25, 0.3) is 12.9 Å². The molecule has 0 fully saturated rings. The molecule has 0 aromatic rings. The van der Waals surface area contributed by atoms with Crippen LogP contribution in [0, 0.1) is 5.92 Å². The Balaban J connectivity index is -0.00000371. The van der Waals surface area contributed by atoms with E-state index in [4.69, 9.17) is 19.8 Å². The Labute approximate surface area is 324 Å². The van der Waals surface area contributed by atoms with E-state index in [1.165, 1.54) is 212 Å². The van der Waals surface area contributed by atoms with Crippen LogP contribution in [0.5, 0.6) is 0 Å². The summed E-state index contributed by atoms with van der Waals surface area (Å²) in [6, 6.07) is 0. The second kappa shape index (κ2) is 49.4. The number of hydrogen-bond acceptors (Lipinski definition) is 4. The van der Waals surface area contributed by atoms with Crippen LogP contribution in [0.25, 0.3) is 0 Å². The third-order valence-corrected chi connectivity index (χ3v) is 10.5. The molecular formula is C45H92N2O5. The quantitative estimate of drug-likeness (QED) is 0.0483. The van der Waals surface area contributed by atoms with Gasteiger partial charge in [-0.05, 0) is 44.8 Å². The molecule has 0 aliphatic rings. The Morgan fingerprint density at radius 1 is 0.442 bits per heavy atom. The van der Waals surface area contributed by atoms with E-state index in [2.05, 4.69) is 25.7 Å². The predicted octanol–water partition coefficient (Wildman–Crippen LogP) is 13.3. The highest BCUT2D eigenvalue weighted by Gasteiger charge is 2.10. The van der Waals surface area contributed by atoms with Gasteiger partial charge >= 0.3 is 0 Å². The Hall–Kier alpha value is -1.63. The zero-order valence-electron chi connectivity index (χ0n) is 35.7. The zero-order chi connectivity index (χ0) is 39.2. The molecule has 2 N–H and O–H groups in total. The molecule has 1 unspecified atom stereocenters. The molecule has 0 aromatic heterocycles. The van der Waals surface area contributed by atoms with E-state index in [0.29, 0.717) is 6.42 Å². The van der Waals surface area contributed by atoms with Crippen molar-refractivity contribution in [1.29, 1.82) is 0 Å². The summed E-state index contributed by atoms with van der Waals surface area (Å²) in [6.07, 6.45) is 45.9. The maximum atomic E-state index is 12.1. The minimum Gasteiger partial charge on any atom is -0.483 e. The number of unbranched alkanes of at least 4 members (excludes halogenated alkanes) is 24. The first-order valence-corrected chi connectivity index (χ1v) is 22.5. The Kier molecular flexibility index (Phi) is 51.9. The van der Waals surface area contributed by atoms with Crippen molar-refractivity contribution in [2.45, 2.75) is 233 Å². The average Bonchev–Trinajstić information content (AvgIpc) is 3.12. The van der Waals surface area contributed by atoms with Gasteiger partial charge in [0.15, 0.2) is 0 Å². The van der Waals surface area contributed by atoms with Gasteiger partial charge < -0.3 is 20.0 Å². The van der Waals surface area contributed by atoms with Crippen molar-refractivity contribution < 1.29 is 24.6 Å². The van der Waals surface area contributed by atoms with Crippen molar-refractivity contribution in [3.63, 3.8) is 0 Å². The molecule has 0 saturated heterocycles. The van der Waals surface area contributed by atoms with E-state index < -0.39 is 0 Å². The number of carbonyl (C=O) groups excluding carboxylic acids is 1. The van der Waals surface area contributed by atoms with Crippen molar-refractivity contribution in [2.24, 2.45) is 5.92 Å². The maximum Gasteiger partial charge on any atom is 0.290 e. The highest BCUT2D eigenvalue weighted by atomic mass is 16.3. The molecule has 0 heterocycles. The Morgan fingerprint density at radius 3 is 1.00 bits per heavy atom. The fourth-order valence-electron chi connectivity index (χ4n) is 7.17. The molecule has 0 radical (unpaired) electrons. The molecular weight excluding hydrogens is 649 g/mol. The van der Waals surface area contributed by atoms with Gasteiger partial charge in [0.1, 0.15) is 0 Å². The SMILES string of the molecule is CCCCCCCCCCCCCCCCN(CCCCCCCC(CCCCCC)CCCCCCC)CCCC(=O)N(C)C.O=CO.O=CO. The van der Waals surface area contributed by atoms with Gasteiger partial charge in [-0.3, -0.25) is 14.4 Å². The van der Waals surface area contributed by atoms with Crippen molar-refractivity contribution >= 4 is 18.9 Å². The second-order valence-electron chi connectivity index (χ2n) is 15.5. The molecule has 0 saturated carbocycles. The molecule has 1 amide bonds. The van der Waals surface area contributed by atoms with Gasteiger partial charge in [0, 0.05) is 20.5 Å². The van der Waals surface area contributed by atoms with Crippen LogP contribution >= 0.6 is 0 Å². The lowest BCUT2D eigenvalue weighted by Gasteiger charge is -2.23. The molecule has 52 heavy (non-hydrogen) atoms. The molecule has 0 aromatic carbocycles. The third kappa shape index (κ3) is 48.4. The van der Waals surface area contributed by atoms with E-state index >= 15 is 0 Å². The fraction of sp³-hybridized carbons (Fsp3) is 0.933. The molecule has 0 aliphatic carbocycles.